The third-order valence-electron chi connectivity index (χ3n) is 2.76. The van der Waals surface area contributed by atoms with Gasteiger partial charge in [-0.25, -0.2) is 9.18 Å². The standard InChI is InChI=1S/C13H11ClFNO2S/c1-6-10(16)12(13(17)18-2)19-11(6)7-4-3-5-8(14)9(7)15/h3-5H,16H2,1-2H3. The van der Waals surface area contributed by atoms with Gasteiger partial charge in [-0.2, -0.15) is 0 Å². The van der Waals surface area contributed by atoms with E-state index in [0.717, 1.165) is 11.3 Å². The molecule has 2 N–H and O–H groups in total. The molecule has 0 atom stereocenters. The number of carbonyl (C=O) groups excluding carboxylic acids is 1. The average molecular weight is 300 g/mol. The van der Waals surface area contributed by atoms with Gasteiger partial charge in [-0.15, -0.1) is 11.3 Å². The van der Waals surface area contributed by atoms with E-state index in [9.17, 15) is 9.18 Å². The van der Waals surface area contributed by atoms with Crippen molar-refractivity contribution in [3.8, 4) is 10.4 Å². The van der Waals surface area contributed by atoms with Gasteiger partial charge < -0.3 is 10.5 Å². The first-order valence-corrected chi connectivity index (χ1v) is 6.58. The Bertz CT molecular complexity index is 654. The van der Waals surface area contributed by atoms with Gasteiger partial charge in [-0.3, -0.25) is 0 Å². The van der Waals surface area contributed by atoms with Crippen LogP contribution < -0.4 is 5.73 Å². The number of hydrogen-bond acceptors (Lipinski definition) is 4. The summed E-state index contributed by atoms with van der Waals surface area (Å²) in [7, 11) is 1.27. The predicted octanol–water partition coefficient (Wildman–Crippen LogP) is 3.88. The highest BCUT2D eigenvalue weighted by molar-refractivity contribution is 7.18. The van der Waals surface area contributed by atoms with Crippen LogP contribution in [0, 0.1) is 12.7 Å². The Balaban J connectivity index is 2.64. The molecule has 0 aliphatic carbocycles. The molecule has 0 saturated heterocycles. The molecule has 1 aromatic heterocycles. The first-order chi connectivity index (χ1) is 8.97. The zero-order valence-corrected chi connectivity index (χ0v) is 11.9. The fourth-order valence-corrected chi connectivity index (χ4v) is 3.05. The number of ether oxygens (including phenoxy) is 1. The molecule has 0 aliphatic rings. The molecule has 0 aliphatic heterocycles. The second-order valence-electron chi connectivity index (χ2n) is 3.89. The van der Waals surface area contributed by atoms with E-state index < -0.39 is 11.8 Å². The van der Waals surface area contributed by atoms with Crippen LogP contribution in [0.1, 0.15) is 15.2 Å². The maximum absolute atomic E-state index is 14.0. The summed E-state index contributed by atoms with van der Waals surface area (Å²) in [6.07, 6.45) is 0. The van der Waals surface area contributed by atoms with E-state index in [2.05, 4.69) is 4.74 Å². The highest BCUT2D eigenvalue weighted by Crippen LogP contribution is 2.40. The Kier molecular flexibility index (Phi) is 3.78. The van der Waals surface area contributed by atoms with E-state index in [4.69, 9.17) is 17.3 Å². The van der Waals surface area contributed by atoms with Gasteiger partial charge >= 0.3 is 5.97 Å². The molecule has 0 radical (unpaired) electrons. The number of anilines is 1. The van der Waals surface area contributed by atoms with Gasteiger partial charge in [-0.05, 0) is 18.6 Å². The summed E-state index contributed by atoms with van der Waals surface area (Å²) < 4.78 is 18.7. The SMILES string of the molecule is COC(=O)c1sc(-c2cccc(Cl)c2F)c(C)c1N. The number of thiophene rings is 1. The third-order valence-corrected chi connectivity index (χ3v) is 4.37. The number of carbonyl (C=O) groups is 1. The Hall–Kier alpha value is -1.59. The van der Waals surface area contributed by atoms with Gasteiger partial charge in [-0.1, -0.05) is 23.7 Å². The lowest BCUT2D eigenvalue weighted by molar-refractivity contribution is 0.0607. The highest BCUT2D eigenvalue weighted by Gasteiger charge is 2.22. The van der Waals surface area contributed by atoms with Crippen molar-refractivity contribution in [2.45, 2.75) is 6.92 Å². The zero-order chi connectivity index (χ0) is 14.2. The minimum atomic E-state index is -0.528. The van der Waals surface area contributed by atoms with Crippen molar-refractivity contribution in [1.29, 1.82) is 0 Å². The molecular weight excluding hydrogens is 289 g/mol. The molecule has 1 heterocycles. The second-order valence-corrected chi connectivity index (χ2v) is 5.32. The number of methoxy groups -OCH3 is 1. The smallest absolute Gasteiger partial charge is 0.350 e. The van der Waals surface area contributed by atoms with Crippen molar-refractivity contribution in [2.75, 3.05) is 12.8 Å². The molecule has 0 saturated carbocycles. The van der Waals surface area contributed by atoms with Crippen LogP contribution in [0.25, 0.3) is 10.4 Å². The summed E-state index contributed by atoms with van der Waals surface area (Å²) in [5.41, 5.74) is 7.15. The summed E-state index contributed by atoms with van der Waals surface area (Å²) in [6.45, 7) is 1.73. The van der Waals surface area contributed by atoms with E-state index >= 15 is 0 Å². The lowest BCUT2D eigenvalue weighted by Crippen LogP contribution is -2.01. The van der Waals surface area contributed by atoms with Crippen molar-refractivity contribution in [1.82, 2.24) is 0 Å². The molecule has 3 nitrogen and oxygen atoms in total. The van der Waals surface area contributed by atoms with Crippen molar-refractivity contribution in [2.24, 2.45) is 0 Å². The van der Waals surface area contributed by atoms with Crippen LogP contribution in [0.5, 0.6) is 0 Å². The van der Waals surface area contributed by atoms with Crippen molar-refractivity contribution >= 4 is 34.6 Å². The number of nitrogen functional groups attached to an aromatic ring is 1. The maximum atomic E-state index is 14.0. The Labute approximate surface area is 118 Å². The summed E-state index contributed by atoms with van der Waals surface area (Å²) in [6, 6.07) is 4.71. The van der Waals surface area contributed by atoms with Crippen LogP contribution >= 0.6 is 22.9 Å². The molecule has 0 bridgehead atoms. The number of halogens is 2. The Morgan fingerprint density at radius 2 is 2.16 bits per heavy atom. The van der Waals surface area contributed by atoms with E-state index in [1.165, 1.54) is 13.2 Å². The number of esters is 1. The quantitative estimate of drug-likeness (QED) is 0.856. The van der Waals surface area contributed by atoms with E-state index in [1.807, 2.05) is 0 Å². The van der Waals surface area contributed by atoms with Crippen molar-refractivity contribution in [3.05, 3.63) is 39.5 Å². The molecule has 0 amide bonds. The fourth-order valence-electron chi connectivity index (χ4n) is 1.71. The average Bonchev–Trinajstić information content (AvgIpc) is 2.69. The first kappa shape index (κ1) is 13.8. The lowest BCUT2D eigenvalue weighted by Gasteiger charge is -2.03. The van der Waals surface area contributed by atoms with Gasteiger partial charge in [0.2, 0.25) is 0 Å². The third kappa shape index (κ3) is 2.31. The van der Waals surface area contributed by atoms with Crippen LogP contribution in [0.4, 0.5) is 10.1 Å². The Morgan fingerprint density at radius 3 is 2.79 bits per heavy atom. The maximum Gasteiger partial charge on any atom is 0.350 e. The topological polar surface area (TPSA) is 52.3 Å². The van der Waals surface area contributed by atoms with Crippen LogP contribution in [-0.4, -0.2) is 13.1 Å². The minimum absolute atomic E-state index is 0.0310. The number of nitrogens with two attached hydrogens (primary N) is 1. The number of hydrogen-bond donors (Lipinski definition) is 1. The van der Waals surface area contributed by atoms with Gasteiger partial charge in [0.25, 0.3) is 0 Å². The molecule has 0 spiro atoms. The van der Waals surface area contributed by atoms with Crippen LogP contribution in [0.15, 0.2) is 18.2 Å². The van der Waals surface area contributed by atoms with Crippen LogP contribution in [-0.2, 0) is 4.74 Å². The van der Waals surface area contributed by atoms with E-state index in [0.29, 0.717) is 21.7 Å². The molecular formula is C13H11ClFNO2S. The molecule has 0 unspecified atom stereocenters. The molecule has 2 aromatic rings. The fraction of sp³-hybridized carbons (Fsp3) is 0.154. The van der Waals surface area contributed by atoms with Gasteiger partial charge in [0.1, 0.15) is 10.7 Å². The summed E-state index contributed by atoms with van der Waals surface area (Å²) in [4.78, 5) is 12.4. The normalized spacial score (nSPS) is 10.5. The largest absolute Gasteiger partial charge is 0.465 e. The molecule has 6 heteroatoms. The monoisotopic (exact) mass is 299 g/mol. The number of rotatable bonds is 2. The van der Waals surface area contributed by atoms with Gasteiger partial charge in [0, 0.05) is 10.4 Å². The highest BCUT2D eigenvalue weighted by atomic mass is 35.5. The van der Waals surface area contributed by atoms with Gasteiger partial charge in [0.15, 0.2) is 0 Å². The summed E-state index contributed by atoms with van der Waals surface area (Å²) >= 11 is 6.86. The van der Waals surface area contributed by atoms with E-state index in [1.54, 1.807) is 19.1 Å². The molecule has 1 aromatic carbocycles. The Morgan fingerprint density at radius 1 is 1.47 bits per heavy atom. The molecule has 0 fully saturated rings. The second kappa shape index (κ2) is 5.19. The van der Waals surface area contributed by atoms with Crippen LogP contribution in [0.2, 0.25) is 5.02 Å². The van der Waals surface area contributed by atoms with Gasteiger partial charge in [0.05, 0.1) is 17.8 Å². The van der Waals surface area contributed by atoms with E-state index in [-0.39, 0.29) is 9.90 Å². The molecule has 2 rings (SSSR count). The predicted molar refractivity (Wildman–Crippen MR) is 75.2 cm³/mol. The minimum Gasteiger partial charge on any atom is -0.465 e. The number of benzene rings is 1. The zero-order valence-electron chi connectivity index (χ0n) is 10.3. The lowest BCUT2D eigenvalue weighted by atomic mass is 10.1. The molecule has 19 heavy (non-hydrogen) atoms. The van der Waals surface area contributed by atoms with Crippen molar-refractivity contribution in [3.63, 3.8) is 0 Å². The summed E-state index contributed by atoms with van der Waals surface area (Å²) in [5.74, 6) is -1.05. The summed E-state index contributed by atoms with van der Waals surface area (Å²) in [5, 5.41) is 0.0310. The first-order valence-electron chi connectivity index (χ1n) is 5.39. The molecule has 100 valence electrons. The van der Waals surface area contributed by atoms with Crippen LogP contribution in [0.3, 0.4) is 0 Å². The van der Waals surface area contributed by atoms with Crippen molar-refractivity contribution < 1.29 is 13.9 Å².